The number of rotatable bonds is 7. The third kappa shape index (κ3) is 4.24. The summed E-state index contributed by atoms with van der Waals surface area (Å²) in [6.45, 7) is 7.78. The van der Waals surface area contributed by atoms with Crippen LogP contribution in [0.4, 0.5) is 4.79 Å². The van der Waals surface area contributed by atoms with Gasteiger partial charge in [-0.15, -0.1) is 11.3 Å². The highest BCUT2D eigenvalue weighted by molar-refractivity contribution is 7.91. The Balaban J connectivity index is 1.57. The molecule has 0 unspecified atom stereocenters. The van der Waals surface area contributed by atoms with Gasteiger partial charge in [0.2, 0.25) is 0 Å². The molecule has 1 N–H and O–H groups in total. The molecule has 0 spiro atoms. The van der Waals surface area contributed by atoms with Crippen molar-refractivity contribution >= 4 is 33.3 Å². The molecular weight excluding hydrogens is 400 g/mol. The fraction of sp³-hybridized carbons (Fsp3) is 0.667. The molecule has 8 nitrogen and oxygen atoms in total. The van der Waals surface area contributed by atoms with Gasteiger partial charge in [-0.3, -0.25) is 9.69 Å². The number of hydrogen-bond donors (Lipinski definition) is 1. The van der Waals surface area contributed by atoms with Crippen LogP contribution in [0.1, 0.15) is 33.6 Å². The number of nitrogens with zero attached hydrogens (tertiary/aromatic N) is 3. The van der Waals surface area contributed by atoms with Crippen LogP contribution in [0, 0.1) is 5.92 Å². The summed E-state index contributed by atoms with van der Waals surface area (Å²) in [7, 11) is -3.46. The van der Waals surface area contributed by atoms with Gasteiger partial charge < -0.3 is 5.32 Å². The van der Waals surface area contributed by atoms with Gasteiger partial charge in [-0.05, 0) is 37.1 Å². The monoisotopic (exact) mass is 428 g/mol. The van der Waals surface area contributed by atoms with Crippen molar-refractivity contribution in [1.82, 2.24) is 19.4 Å². The molecule has 1 aromatic rings. The molecule has 2 saturated heterocycles. The molecular formula is C18H28N4O4S2. The first-order valence-corrected chi connectivity index (χ1v) is 11.9. The average Bonchev–Trinajstić information content (AvgIpc) is 3.25. The van der Waals surface area contributed by atoms with Gasteiger partial charge >= 0.3 is 6.03 Å². The maximum Gasteiger partial charge on any atom is 0.326 e. The Bertz CT molecular complexity index is 817. The second kappa shape index (κ2) is 8.10. The predicted molar refractivity (Wildman–Crippen MR) is 107 cm³/mol. The van der Waals surface area contributed by atoms with Crippen LogP contribution >= 0.6 is 11.3 Å². The van der Waals surface area contributed by atoms with Crippen molar-refractivity contribution in [2.45, 2.75) is 43.4 Å². The number of carbonyl (C=O) groups excluding carboxylic acids is 2. The van der Waals surface area contributed by atoms with E-state index in [0.717, 1.165) is 6.42 Å². The van der Waals surface area contributed by atoms with E-state index < -0.39 is 15.6 Å². The van der Waals surface area contributed by atoms with Crippen LogP contribution in [0.3, 0.4) is 0 Å². The molecule has 0 radical (unpaired) electrons. The van der Waals surface area contributed by atoms with Crippen LogP contribution < -0.4 is 5.32 Å². The van der Waals surface area contributed by atoms with Crippen molar-refractivity contribution in [1.29, 1.82) is 0 Å². The molecule has 28 heavy (non-hydrogen) atoms. The Morgan fingerprint density at radius 1 is 1.21 bits per heavy atom. The smallest absolute Gasteiger partial charge is 0.323 e. The maximum absolute atomic E-state index is 12.8. The molecule has 3 rings (SSSR count). The van der Waals surface area contributed by atoms with Crippen molar-refractivity contribution in [2.24, 2.45) is 5.92 Å². The first kappa shape index (κ1) is 21.2. The first-order valence-electron chi connectivity index (χ1n) is 9.53. The molecule has 0 saturated carbocycles. The summed E-state index contributed by atoms with van der Waals surface area (Å²) in [6.07, 6.45) is 1.47. The molecule has 3 amide bonds. The number of urea groups is 1. The minimum Gasteiger partial charge on any atom is -0.323 e. The molecule has 1 aromatic heterocycles. The fourth-order valence-electron chi connectivity index (χ4n) is 3.47. The Kier molecular flexibility index (Phi) is 6.14. The minimum absolute atomic E-state index is 0.189. The Morgan fingerprint density at radius 2 is 1.89 bits per heavy atom. The molecule has 1 atom stereocenters. The predicted octanol–water partition coefficient (Wildman–Crippen LogP) is 1.76. The van der Waals surface area contributed by atoms with Gasteiger partial charge in [0.05, 0.1) is 6.67 Å². The summed E-state index contributed by atoms with van der Waals surface area (Å²) in [6, 6.07) is 2.96. The summed E-state index contributed by atoms with van der Waals surface area (Å²) < 4.78 is 27.0. The highest BCUT2D eigenvalue weighted by atomic mass is 32.2. The van der Waals surface area contributed by atoms with E-state index >= 15 is 0 Å². The van der Waals surface area contributed by atoms with Gasteiger partial charge in [0.25, 0.3) is 15.9 Å². The van der Waals surface area contributed by atoms with Crippen molar-refractivity contribution in [3.63, 3.8) is 0 Å². The van der Waals surface area contributed by atoms with E-state index in [1.165, 1.54) is 20.5 Å². The third-order valence-corrected chi connectivity index (χ3v) is 8.60. The lowest BCUT2D eigenvalue weighted by Gasteiger charge is -2.35. The number of imide groups is 1. The molecule has 2 aliphatic heterocycles. The van der Waals surface area contributed by atoms with Gasteiger partial charge in [0.15, 0.2) is 0 Å². The van der Waals surface area contributed by atoms with Crippen LogP contribution in [-0.2, 0) is 14.8 Å². The molecule has 2 fully saturated rings. The Labute approximate surface area is 170 Å². The van der Waals surface area contributed by atoms with E-state index in [0.29, 0.717) is 42.7 Å². The van der Waals surface area contributed by atoms with Gasteiger partial charge in [0, 0.05) is 26.2 Å². The molecule has 0 bridgehead atoms. The number of amides is 3. The van der Waals surface area contributed by atoms with Crippen LogP contribution in [0.5, 0.6) is 0 Å². The Morgan fingerprint density at radius 3 is 2.46 bits per heavy atom. The van der Waals surface area contributed by atoms with E-state index in [1.54, 1.807) is 24.4 Å². The van der Waals surface area contributed by atoms with Crippen LogP contribution in [0.2, 0.25) is 0 Å². The van der Waals surface area contributed by atoms with Crippen molar-refractivity contribution in [3.8, 4) is 0 Å². The third-order valence-electron chi connectivity index (χ3n) is 5.33. The van der Waals surface area contributed by atoms with Gasteiger partial charge in [-0.1, -0.05) is 19.9 Å². The zero-order valence-electron chi connectivity index (χ0n) is 16.6. The van der Waals surface area contributed by atoms with E-state index in [1.807, 2.05) is 4.90 Å². The number of carbonyl (C=O) groups is 2. The average molecular weight is 429 g/mol. The minimum atomic E-state index is -3.46. The van der Waals surface area contributed by atoms with E-state index in [-0.39, 0.29) is 18.6 Å². The largest absolute Gasteiger partial charge is 0.326 e. The van der Waals surface area contributed by atoms with Crippen molar-refractivity contribution in [2.75, 3.05) is 32.8 Å². The number of hydrogen-bond acceptors (Lipinski definition) is 6. The van der Waals surface area contributed by atoms with E-state index in [2.05, 4.69) is 19.2 Å². The Hall–Kier alpha value is -1.49. The van der Waals surface area contributed by atoms with Crippen molar-refractivity contribution in [3.05, 3.63) is 17.5 Å². The van der Waals surface area contributed by atoms with Crippen LogP contribution in [0.25, 0.3) is 0 Å². The maximum atomic E-state index is 12.8. The molecule has 156 valence electrons. The second-order valence-corrected chi connectivity index (χ2v) is 11.1. The van der Waals surface area contributed by atoms with E-state index in [4.69, 9.17) is 0 Å². The fourth-order valence-corrected chi connectivity index (χ4v) is 6.04. The summed E-state index contributed by atoms with van der Waals surface area (Å²) >= 11 is 1.21. The lowest BCUT2D eigenvalue weighted by molar-refractivity contribution is -0.132. The molecule has 0 aliphatic carbocycles. The summed E-state index contributed by atoms with van der Waals surface area (Å²) in [5.41, 5.74) is -0.855. The zero-order valence-corrected chi connectivity index (χ0v) is 18.2. The number of piperazine rings is 1. The molecule has 2 aliphatic rings. The molecule has 3 heterocycles. The number of nitrogens with one attached hydrogen (secondary N) is 1. The van der Waals surface area contributed by atoms with Crippen molar-refractivity contribution < 1.29 is 18.0 Å². The SMILES string of the molecule is CC(C)CC[C@]1(C)NC(=O)N(CN2CCN(S(=O)(=O)c3cccs3)CC2)C1=O. The zero-order chi connectivity index (χ0) is 20.5. The summed E-state index contributed by atoms with van der Waals surface area (Å²) in [5, 5.41) is 4.58. The van der Waals surface area contributed by atoms with Gasteiger partial charge in [-0.2, -0.15) is 4.31 Å². The highest BCUT2D eigenvalue weighted by Crippen LogP contribution is 2.26. The van der Waals surface area contributed by atoms with Gasteiger partial charge in [0.1, 0.15) is 9.75 Å². The molecule has 0 aromatic carbocycles. The molecule has 10 heteroatoms. The van der Waals surface area contributed by atoms with E-state index in [9.17, 15) is 18.0 Å². The summed E-state index contributed by atoms with van der Waals surface area (Å²) in [4.78, 5) is 28.4. The first-order chi connectivity index (χ1) is 13.1. The highest BCUT2D eigenvalue weighted by Gasteiger charge is 2.48. The number of sulfonamides is 1. The quantitative estimate of drug-likeness (QED) is 0.669. The topological polar surface area (TPSA) is 90.0 Å². The summed E-state index contributed by atoms with van der Waals surface area (Å²) in [5.74, 6) is 0.251. The van der Waals surface area contributed by atoms with Crippen LogP contribution in [-0.4, -0.2) is 72.8 Å². The number of thiophene rings is 1. The lowest BCUT2D eigenvalue weighted by atomic mass is 9.92. The normalized spacial score (nSPS) is 24.9. The standard InChI is InChI=1S/C18H28N4O4S2/c1-14(2)6-7-18(3)16(23)22(17(24)19-18)13-20-8-10-21(11-9-20)28(25,26)15-5-4-12-27-15/h4-5,12,14H,6-11,13H2,1-3H3,(H,19,24)/t18-/m0/s1. The van der Waals surface area contributed by atoms with Crippen LogP contribution in [0.15, 0.2) is 21.7 Å². The second-order valence-electron chi connectivity index (χ2n) is 8.02. The lowest BCUT2D eigenvalue weighted by Crippen LogP contribution is -2.52. The van der Waals surface area contributed by atoms with Gasteiger partial charge in [-0.25, -0.2) is 18.1 Å².